The number of amides is 1. The lowest BCUT2D eigenvalue weighted by atomic mass is 10.2. The summed E-state index contributed by atoms with van der Waals surface area (Å²) in [5.41, 5.74) is 5.79. The van der Waals surface area contributed by atoms with Crippen LogP contribution in [0.15, 0.2) is 18.2 Å². The Morgan fingerprint density at radius 1 is 1.57 bits per heavy atom. The summed E-state index contributed by atoms with van der Waals surface area (Å²) in [7, 11) is -1.33. The van der Waals surface area contributed by atoms with Crippen LogP contribution in [0.4, 0.5) is 15.8 Å². The van der Waals surface area contributed by atoms with Crippen molar-refractivity contribution in [2.45, 2.75) is 36.9 Å². The van der Waals surface area contributed by atoms with Gasteiger partial charge in [-0.25, -0.2) is 4.39 Å². The van der Waals surface area contributed by atoms with Crippen LogP contribution in [0.25, 0.3) is 0 Å². The van der Waals surface area contributed by atoms with Gasteiger partial charge in [0.05, 0.1) is 17.0 Å². The third kappa shape index (κ3) is 3.59. The zero-order chi connectivity index (χ0) is 15.6. The molecule has 0 saturated carbocycles. The predicted molar refractivity (Wildman–Crippen MR) is 80.9 cm³/mol. The molecule has 21 heavy (non-hydrogen) atoms. The Kier molecular flexibility index (Phi) is 4.95. The molecule has 1 aliphatic heterocycles. The van der Waals surface area contributed by atoms with E-state index < -0.39 is 21.9 Å². The Morgan fingerprint density at radius 2 is 2.29 bits per heavy atom. The first-order valence-electron chi connectivity index (χ1n) is 6.77. The molecule has 0 aromatic heterocycles. The van der Waals surface area contributed by atoms with Crippen LogP contribution in [-0.2, 0) is 20.3 Å². The molecule has 4 atom stereocenters. The van der Waals surface area contributed by atoms with Crippen LogP contribution < -0.4 is 11.1 Å². The fraction of sp³-hybridized carbons (Fsp3) is 0.500. The average molecular weight is 314 g/mol. The van der Waals surface area contributed by atoms with E-state index in [2.05, 4.69) is 5.32 Å². The van der Waals surface area contributed by atoms with E-state index in [0.29, 0.717) is 18.7 Å². The maximum absolute atomic E-state index is 13.1. The third-order valence-electron chi connectivity index (χ3n) is 3.59. The first-order valence-corrected chi connectivity index (χ1v) is 8.04. The molecule has 1 heterocycles. The summed E-state index contributed by atoms with van der Waals surface area (Å²) in [4.78, 5) is 12.1. The number of hydrogen-bond donors (Lipinski definition) is 2. The molecule has 2 rings (SSSR count). The van der Waals surface area contributed by atoms with Gasteiger partial charge in [-0.15, -0.1) is 0 Å². The van der Waals surface area contributed by atoms with Gasteiger partial charge >= 0.3 is 0 Å². The summed E-state index contributed by atoms with van der Waals surface area (Å²) < 4.78 is 30.8. The second-order valence-corrected chi connectivity index (χ2v) is 7.07. The molecule has 1 saturated heterocycles. The van der Waals surface area contributed by atoms with Crippen LogP contribution in [0.2, 0.25) is 0 Å². The highest BCUT2D eigenvalue weighted by Gasteiger charge is 2.34. The van der Waals surface area contributed by atoms with E-state index in [9.17, 15) is 13.4 Å². The lowest BCUT2D eigenvalue weighted by Crippen LogP contribution is -2.37. The van der Waals surface area contributed by atoms with Gasteiger partial charge in [-0.05, 0) is 38.5 Å². The van der Waals surface area contributed by atoms with E-state index in [1.165, 1.54) is 18.2 Å². The number of hydrogen-bond acceptors (Lipinski definition) is 4. The highest BCUT2D eigenvalue weighted by atomic mass is 32.2. The summed E-state index contributed by atoms with van der Waals surface area (Å²) in [6.45, 7) is 4.05. The van der Waals surface area contributed by atoms with Crippen molar-refractivity contribution >= 4 is 28.1 Å². The van der Waals surface area contributed by atoms with Crippen molar-refractivity contribution < 1.29 is 18.1 Å². The molecule has 1 aromatic carbocycles. The number of carbonyl (C=O) groups is 1. The first kappa shape index (κ1) is 15.9. The number of anilines is 2. The van der Waals surface area contributed by atoms with Gasteiger partial charge in [-0.2, -0.15) is 0 Å². The summed E-state index contributed by atoms with van der Waals surface area (Å²) in [6, 6.07) is 3.93. The zero-order valence-electron chi connectivity index (χ0n) is 12.0. The van der Waals surface area contributed by atoms with Crippen LogP contribution in [0.3, 0.4) is 0 Å². The van der Waals surface area contributed by atoms with Crippen LogP contribution in [-0.4, -0.2) is 33.3 Å². The minimum atomic E-state index is -1.33. The summed E-state index contributed by atoms with van der Waals surface area (Å²) >= 11 is 0. The Balaban J connectivity index is 2.02. The second kappa shape index (κ2) is 6.53. The summed E-state index contributed by atoms with van der Waals surface area (Å²) in [6.07, 6.45) is 0.581. The summed E-state index contributed by atoms with van der Waals surface area (Å²) in [5.74, 6) is -0.917. The molecule has 0 spiro atoms. The molecule has 7 heteroatoms. The van der Waals surface area contributed by atoms with Gasteiger partial charge in [-0.1, -0.05) is 0 Å². The number of ether oxygens (including phenoxy) is 1. The molecule has 1 aliphatic rings. The molecule has 1 amide bonds. The first-order chi connectivity index (χ1) is 9.90. The predicted octanol–water partition coefficient (Wildman–Crippen LogP) is 1.66. The molecule has 5 nitrogen and oxygen atoms in total. The van der Waals surface area contributed by atoms with E-state index >= 15 is 0 Å². The van der Waals surface area contributed by atoms with E-state index in [-0.39, 0.29) is 22.9 Å². The molecule has 3 N–H and O–H groups in total. The van der Waals surface area contributed by atoms with Gasteiger partial charge in [0.1, 0.15) is 11.1 Å². The quantitative estimate of drug-likeness (QED) is 0.828. The van der Waals surface area contributed by atoms with Gasteiger partial charge in [0.15, 0.2) is 0 Å². The number of benzene rings is 1. The number of nitrogens with one attached hydrogen (secondary N) is 1. The van der Waals surface area contributed by atoms with Crippen LogP contribution in [0, 0.1) is 5.82 Å². The van der Waals surface area contributed by atoms with Crippen molar-refractivity contribution in [3.8, 4) is 0 Å². The molecule has 1 fully saturated rings. The number of nitrogens with two attached hydrogens (primary N) is 1. The fourth-order valence-electron chi connectivity index (χ4n) is 2.25. The average Bonchev–Trinajstić information content (AvgIpc) is 2.87. The monoisotopic (exact) mass is 314 g/mol. The zero-order valence-corrected chi connectivity index (χ0v) is 12.8. The van der Waals surface area contributed by atoms with Crippen molar-refractivity contribution in [1.82, 2.24) is 0 Å². The van der Waals surface area contributed by atoms with E-state index in [0.717, 1.165) is 0 Å². The number of carbonyl (C=O) groups excluding carboxylic acids is 1. The lowest BCUT2D eigenvalue weighted by Gasteiger charge is -2.18. The maximum atomic E-state index is 13.1. The Hall–Kier alpha value is -1.47. The van der Waals surface area contributed by atoms with Crippen molar-refractivity contribution in [2.75, 3.05) is 17.7 Å². The Bertz CT molecular complexity index is 567. The maximum Gasteiger partial charge on any atom is 0.239 e. The highest BCUT2D eigenvalue weighted by molar-refractivity contribution is 7.87. The molecular formula is C14H19FN2O3S. The van der Waals surface area contributed by atoms with Crippen molar-refractivity contribution in [3.05, 3.63) is 24.0 Å². The standard InChI is InChI=1S/C14H19FN2O3S/c1-8-13(5-6-20-8)21(19)9(2)14(18)17-10-3-4-11(15)12(16)7-10/h3-4,7-9,13H,5-6,16H2,1-2H3,(H,17,18). The molecule has 116 valence electrons. The Labute approximate surface area is 125 Å². The van der Waals surface area contributed by atoms with Gasteiger partial charge in [0.2, 0.25) is 5.91 Å². The van der Waals surface area contributed by atoms with Crippen molar-refractivity contribution in [1.29, 1.82) is 0 Å². The highest BCUT2D eigenvalue weighted by Crippen LogP contribution is 2.22. The van der Waals surface area contributed by atoms with E-state index in [1.807, 2.05) is 6.92 Å². The molecule has 1 aromatic rings. The molecule has 0 bridgehead atoms. The molecule has 0 radical (unpaired) electrons. The fourth-order valence-corrected chi connectivity index (χ4v) is 3.83. The van der Waals surface area contributed by atoms with Crippen molar-refractivity contribution in [2.24, 2.45) is 0 Å². The molecule has 4 unspecified atom stereocenters. The second-order valence-electron chi connectivity index (χ2n) is 5.10. The molecular weight excluding hydrogens is 295 g/mol. The lowest BCUT2D eigenvalue weighted by molar-refractivity contribution is -0.115. The van der Waals surface area contributed by atoms with Crippen LogP contribution >= 0.6 is 0 Å². The van der Waals surface area contributed by atoms with Gasteiger partial charge in [0, 0.05) is 23.1 Å². The minimum absolute atomic E-state index is 0.0422. The third-order valence-corrected chi connectivity index (χ3v) is 5.71. The smallest absolute Gasteiger partial charge is 0.239 e. The number of rotatable bonds is 4. The summed E-state index contributed by atoms with van der Waals surface area (Å²) in [5, 5.41) is 1.80. The van der Waals surface area contributed by atoms with E-state index in [1.54, 1.807) is 6.92 Å². The SMILES string of the molecule is CC1OCCC1S(=O)C(C)C(=O)Nc1ccc(F)c(N)c1. The largest absolute Gasteiger partial charge is 0.396 e. The number of halogens is 1. The van der Waals surface area contributed by atoms with Gasteiger partial charge < -0.3 is 15.8 Å². The van der Waals surface area contributed by atoms with Gasteiger partial charge in [-0.3, -0.25) is 9.00 Å². The van der Waals surface area contributed by atoms with Crippen LogP contribution in [0.1, 0.15) is 20.3 Å². The normalized spacial score (nSPS) is 24.5. The Morgan fingerprint density at radius 3 is 2.86 bits per heavy atom. The number of nitrogen functional groups attached to an aromatic ring is 1. The molecule has 0 aliphatic carbocycles. The van der Waals surface area contributed by atoms with Crippen molar-refractivity contribution in [3.63, 3.8) is 0 Å². The van der Waals surface area contributed by atoms with Gasteiger partial charge in [0.25, 0.3) is 0 Å². The topological polar surface area (TPSA) is 81.4 Å². The van der Waals surface area contributed by atoms with Crippen LogP contribution in [0.5, 0.6) is 0 Å². The minimum Gasteiger partial charge on any atom is -0.396 e. The van der Waals surface area contributed by atoms with E-state index in [4.69, 9.17) is 10.5 Å².